The second-order valence-electron chi connectivity index (χ2n) is 6.54. The van der Waals surface area contributed by atoms with E-state index in [4.69, 9.17) is 0 Å². The molecule has 0 saturated heterocycles. The molecule has 0 aliphatic carbocycles. The number of amides is 1. The Labute approximate surface area is 197 Å². The highest BCUT2D eigenvalue weighted by Crippen LogP contribution is 2.29. The zero-order valence-electron chi connectivity index (χ0n) is 16.8. The van der Waals surface area contributed by atoms with Crippen molar-refractivity contribution in [1.29, 1.82) is 0 Å². The molecule has 0 fully saturated rings. The molecule has 1 heterocycles. The summed E-state index contributed by atoms with van der Waals surface area (Å²) in [6.07, 6.45) is -0.650. The summed E-state index contributed by atoms with van der Waals surface area (Å²) >= 11 is 1.58. The van der Waals surface area contributed by atoms with Gasteiger partial charge in [0.15, 0.2) is 5.96 Å². The normalized spacial score (nSPS) is 12.1. The lowest BCUT2D eigenvalue weighted by atomic mass is 10.2. The molecule has 160 valence electrons. The van der Waals surface area contributed by atoms with E-state index in [1.807, 2.05) is 67.6 Å². The highest BCUT2D eigenvalue weighted by atomic mass is 127. The van der Waals surface area contributed by atoms with Gasteiger partial charge in [-0.3, -0.25) is 4.79 Å². The lowest BCUT2D eigenvalue weighted by Crippen LogP contribution is -2.40. The molecule has 3 rings (SSSR count). The van der Waals surface area contributed by atoms with Crippen LogP contribution in [0.25, 0.3) is 10.1 Å². The first-order chi connectivity index (χ1) is 14.2. The van der Waals surface area contributed by atoms with Gasteiger partial charge in [-0.2, -0.15) is 0 Å². The number of aliphatic hydroxyl groups is 1. The third-order valence-electron chi connectivity index (χ3n) is 4.29. The Balaban J connectivity index is 0.00000320. The van der Waals surface area contributed by atoms with Crippen LogP contribution in [0.2, 0.25) is 0 Å². The molecule has 1 atom stereocenters. The zero-order valence-corrected chi connectivity index (χ0v) is 19.9. The van der Waals surface area contributed by atoms with E-state index in [1.54, 1.807) is 11.3 Å². The van der Waals surface area contributed by atoms with Gasteiger partial charge in [-0.1, -0.05) is 48.5 Å². The van der Waals surface area contributed by atoms with Crippen molar-refractivity contribution in [2.24, 2.45) is 4.99 Å². The quantitative estimate of drug-likeness (QED) is 0.201. The number of nitrogens with zero attached hydrogens (tertiary/aromatic N) is 1. The number of hydrogen-bond acceptors (Lipinski definition) is 4. The first-order valence-electron chi connectivity index (χ1n) is 9.65. The Bertz CT molecular complexity index is 929. The standard InChI is InChI=1S/C22H26N4O2S.HI/c1-2-23-22(26-15-21(28)24-13-16-8-4-3-5-9-16)25-14-18(27)20-12-17-10-6-7-11-19(17)29-20;/h3-12,18,27H,2,13-15H2,1H3,(H,24,28)(H2,23,25,26);1H. The average Bonchev–Trinajstić information content (AvgIpc) is 3.19. The summed E-state index contributed by atoms with van der Waals surface area (Å²) in [6, 6.07) is 19.8. The monoisotopic (exact) mass is 538 g/mol. The van der Waals surface area contributed by atoms with Crippen molar-refractivity contribution in [2.75, 3.05) is 19.6 Å². The third kappa shape index (κ3) is 7.26. The van der Waals surface area contributed by atoms with Gasteiger partial charge in [0.2, 0.25) is 5.91 Å². The first-order valence-corrected chi connectivity index (χ1v) is 10.5. The number of aliphatic imine (C=N–C) groups is 1. The summed E-state index contributed by atoms with van der Waals surface area (Å²) in [5.74, 6) is 0.346. The molecule has 1 amide bonds. The van der Waals surface area contributed by atoms with E-state index >= 15 is 0 Å². The van der Waals surface area contributed by atoms with Crippen LogP contribution in [0.15, 0.2) is 65.7 Å². The molecular formula is C22H27IN4O2S. The van der Waals surface area contributed by atoms with Gasteiger partial charge in [0.05, 0.1) is 0 Å². The van der Waals surface area contributed by atoms with Crippen molar-refractivity contribution >= 4 is 57.3 Å². The molecule has 30 heavy (non-hydrogen) atoms. The van der Waals surface area contributed by atoms with Gasteiger partial charge >= 0.3 is 0 Å². The van der Waals surface area contributed by atoms with Crippen molar-refractivity contribution < 1.29 is 9.90 Å². The second-order valence-corrected chi connectivity index (χ2v) is 7.66. The Kier molecular flexibility index (Phi) is 10.0. The molecule has 4 N–H and O–H groups in total. The Hall–Kier alpha value is -2.17. The number of guanidine groups is 1. The number of carbonyl (C=O) groups excluding carboxylic acids is 1. The molecule has 1 aromatic heterocycles. The van der Waals surface area contributed by atoms with E-state index in [-0.39, 0.29) is 36.4 Å². The van der Waals surface area contributed by atoms with Gasteiger partial charge in [0.25, 0.3) is 0 Å². The molecule has 3 aromatic rings. The van der Waals surface area contributed by atoms with Crippen LogP contribution in [-0.4, -0.2) is 36.6 Å². The SMILES string of the molecule is CCNC(=NCC(=O)NCc1ccccc1)NCC(O)c1cc2ccccc2s1.I. The number of thiophene rings is 1. The minimum absolute atomic E-state index is 0. The fourth-order valence-electron chi connectivity index (χ4n) is 2.81. The molecule has 8 heteroatoms. The first kappa shape index (κ1) is 24.1. The lowest BCUT2D eigenvalue weighted by molar-refractivity contribution is -0.119. The molecule has 0 spiro atoms. The second kappa shape index (κ2) is 12.5. The average molecular weight is 538 g/mol. The fraction of sp³-hybridized carbons (Fsp3) is 0.273. The van der Waals surface area contributed by atoms with E-state index in [2.05, 4.69) is 20.9 Å². The summed E-state index contributed by atoms with van der Waals surface area (Å²) in [4.78, 5) is 17.3. The summed E-state index contributed by atoms with van der Waals surface area (Å²) in [5.41, 5.74) is 1.04. The van der Waals surface area contributed by atoms with Crippen LogP contribution in [0, 0.1) is 0 Å². The van der Waals surface area contributed by atoms with Crippen LogP contribution in [0.1, 0.15) is 23.5 Å². The van der Waals surface area contributed by atoms with Gasteiger partial charge in [-0.05, 0) is 30.0 Å². The molecule has 2 aromatic carbocycles. The zero-order chi connectivity index (χ0) is 20.5. The van der Waals surface area contributed by atoms with Crippen LogP contribution in [-0.2, 0) is 11.3 Å². The summed E-state index contributed by atoms with van der Waals surface area (Å²) in [6.45, 7) is 3.42. The van der Waals surface area contributed by atoms with Gasteiger partial charge in [-0.25, -0.2) is 4.99 Å². The van der Waals surface area contributed by atoms with Gasteiger partial charge in [-0.15, -0.1) is 35.3 Å². The molecule has 0 saturated carbocycles. The molecular weight excluding hydrogens is 511 g/mol. The maximum absolute atomic E-state index is 12.1. The Morgan fingerprint density at radius 2 is 1.80 bits per heavy atom. The van der Waals surface area contributed by atoms with E-state index in [1.165, 1.54) is 0 Å². The Morgan fingerprint density at radius 1 is 1.07 bits per heavy atom. The van der Waals surface area contributed by atoms with E-state index in [0.717, 1.165) is 20.5 Å². The highest BCUT2D eigenvalue weighted by Gasteiger charge is 2.12. The highest BCUT2D eigenvalue weighted by molar-refractivity contribution is 14.0. The number of carbonyl (C=O) groups is 1. The van der Waals surface area contributed by atoms with Crippen LogP contribution in [0.4, 0.5) is 0 Å². The number of halogens is 1. The number of hydrogen-bond donors (Lipinski definition) is 4. The van der Waals surface area contributed by atoms with Gasteiger partial charge in [0, 0.05) is 29.2 Å². The predicted octanol–water partition coefficient (Wildman–Crippen LogP) is 3.42. The number of aliphatic hydroxyl groups excluding tert-OH is 1. The predicted molar refractivity (Wildman–Crippen MR) is 134 cm³/mol. The van der Waals surface area contributed by atoms with Crippen molar-refractivity contribution in [3.8, 4) is 0 Å². The summed E-state index contributed by atoms with van der Waals surface area (Å²) in [7, 11) is 0. The summed E-state index contributed by atoms with van der Waals surface area (Å²) in [5, 5.41) is 20.7. The minimum Gasteiger partial charge on any atom is -0.386 e. The minimum atomic E-state index is -0.650. The number of fused-ring (bicyclic) bond motifs is 1. The third-order valence-corrected chi connectivity index (χ3v) is 5.51. The molecule has 0 aliphatic heterocycles. The largest absolute Gasteiger partial charge is 0.386 e. The maximum Gasteiger partial charge on any atom is 0.242 e. The molecule has 1 unspecified atom stereocenters. The number of nitrogens with one attached hydrogen (secondary N) is 3. The van der Waals surface area contributed by atoms with Crippen LogP contribution in [0.5, 0.6) is 0 Å². The van der Waals surface area contributed by atoms with Crippen molar-refractivity contribution in [3.05, 3.63) is 71.1 Å². The molecule has 0 bridgehead atoms. The van der Waals surface area contributed by atoms with Gasteiger partial charge < -0.3 is 21.1 Å². The van der Waals surface area contributed by atoms with Crippen molar-refractivity contribution in [2.45, 2.75) is 19.6 Å². The Morgan fingerprint density at radius 3 is 2.53 bits per heavy atom. The van der Waals surface area contributed by atoms with Gasteiger partial charge in [0.1, 0.15) is 12.6 Å². The van der Waals surface area contributed by atoms with E-state index in [9.17, 15) is 9.90 Å². The maximum atomic E-state index is 12.1. The molecule has 0 aliphatic rings. The smallest absolute Gasteiger partial charge is 0.242 e. The van der Waals surface area contributed by atoms with E-state index in [0.29, 0.717) is 25.6 Å². The van der Waals surface area contributed by atoms with E-state index < -0.39 is 6.10 Å². The topological polar surface area (TPSA) is 85.8 Å². The van der Waals surface area contributed by atoms with Crippen molar-refractivity contribution in [3.63, 3.8) is 0 Å². The van der Waals surface area contributed by atoms with Crippen LogP contribution >= 0.6 is 35.3 Å². The summed E-state index contributed by atoms with van der Waals surface area (Å²) < 4.78 is 1.15. The van der Waals surface area contributed by atoms with Crippen LogP contribution in [0.3, 0.4) is 0 Å². The fourth-order valence-corrected chi connectivity index (χ4v) is 3.86. The molecule has 0 radical (unpaired) electrons. The number of rotatable bonds is 8. The van der Waals surface area contributed by atoms with Crippen LogP contribution < -0.4 is 16.0 Å². The molecule has 6 nitrogen and oxygen atoms in total. The number of benzene rings is 2. The van der Waals surface area contributed by atoms with Crippen molar-refractivity contribution in [1.82, 2.24) is 16.0 Å². The lowest BCUT2D eigenvalue weighted by Gasteiger charge is -2.14.